The second kappa shape index (κ2) is 6.83. The number of urea groups is 1. The Balaban J connectivity index is 1.93. The van der Waals surface area contributed by atoms with Gasteiger partial charge in [-0.2, -0.15) is 0 Å². The molecule has 1 heterocycles. The maximum absolute atomic E-state index is 12.2. The Kier molecular flexibility index (Phi) is 4.86. The van der Waals surface area contributed by atoms with Crippen molar-refractivity contribution >= 4 is 17.6 Å². The monoisotopic (exact) mass is 292 g/mol. The molecule has 1 aliphatic rings. The Labute approximate surface area is 123 Å². The summed E-state index contributed by atoms with van der Waals surface area (Å²) in [5.74, 6) is 0.473. The Bertz CT molecular complexity index is 521. The fourth-order valence-corrected chi connectivity index (χ4v) is 2.34. The average molecular weight is 292 g/mol. The van der Waals surface area contributed by atoms with Crippen molar-refractivity contribution in [3.8, 4) is 5.75 Å². The summed E-state index contributed by atoms with van der Waals surface area (Å²) in [4.78, 5) is 25.4. The highest BCUT2D eigenvalue weighted by Gasteiger charge is 2.33. The molecule has 1 aliphatic heterocycles. The molecule has 1 atom stereocenters. The van der Waals surface area contributed by atoms with Crippen LogP contribution in [0.5, 0.6) is 5.75 Å². The van der Waals surface area contributed by atoms with Gasteiger partial charge >= 0.3 is 6.03 Å². The molecule has 1 aromatic carbocycles. The molecule has 21 heavy (non-hydrogen) atoms. The predicted octanol–water partition coefficient (Wildman–Crippen LogP) is 0.942. The number of methoxy groups -OCH3 is 1. The van der Waals surface area contributed by atoms with E-state index in [4.69, 9.17) is 4.74 Å². The summed E-state index contributed by atoms with van der Waals surface area (Å²) in [7, 11) is 3.14. The molecule has 1 saturated heterocycles. The van der Waals surface area contributed by atoms with Gasteiger partial charge in [-0.25, -0.2) is 4.79 Å². The van der Waals surface area contributed by atoms with Gasteiger partial charge in [-0.15, -0.1) is 0 Å². The van der Waals surface area contributed by atoms with E-state index in [1.807, 2.05) is 18.2 Å². The topological polar surface area (TPSA) is 82.7 Å². The molecule has 0 aliphatic carbocycles. The van der Waals surface area contributed by atoms with E-state index in [-0.39, 0.29) is 11.9 Å². The summed E-state index contributed by atoms with van der Waals surface area (Å²) in [6.45, 7) is 0.594. The average Bonchev–Trinajstić information content (AvgIpc) is 3.01. The van der Waals surface area contributed by atoms with Crippen molar-refractivity contribution in [1.29, 1.82) is 0 Å². The predicted molar refractivity (Wildman–Crippen MR) is 78.9 cm³/mol. The second-order valence-electron chi connectivity index (χ2n) is 4.75. The first kappa shape index (κ1) is 15.0. The van der Waals surface area contributed by atoms with Gasteiger partial charge in [-0.1, -0.05) is 6.07 Å². The van der Waals surface area contributed by atoms with Crippen LogP contribution in [-0.2, 0) is 4.79 Å². The molecule has 0 spiro atoms. The van der Waals surface area contributed by atoms with Gasteiger partial charge in [-0.05, 0) is 25.0 Å². The zero-order chi connectivity index (χ0) is 15.2. The lowest BCUT2D eigenvalue weighted by atomic mass is 10.2. The maximum Gasteiger partial charge on any atom is 0.317 e. The molecule has 0 radical (unpaired) electrons. The Morgan fingerprint density at radius 2 is 2.19 bits per heavy atom. The molecule has 1 unspecified atom stereocenters. The highest BCUT2D eigenvalue weighted by molar-refractivity contribution is 5.88. The van der Waals surface area contributed by atoms with Crippen molar-refractivity contribution in [2.24, 2.45) is 0 Å². The Hall–Kier alpha value is -2.44. The van der Waals surface area contributed by atoms with E-state index in [9.17, 15) is 9.59 Å². The highest BCUT2D eigenvalue weighted by atomic mass is 16.5. The van der Waals surface area contributed by atoms with Crippen LogP contribution < -0.4 is 20.9 Å². The second-order valence-corrected chi connectivity index (χ2v) is 4.75. The van der Waals surface area contributed by atoms with E-state index in [0.29, 0.717) is 24.4 Å². The summed E-state index contributed by atoms with van der Waals surface area (Å²) >= 11 is 0. The number of anilines is 1. The summed E-state index contributed by atoms with van der Waals surface area (Å²) in [6, 6.07) is 6.55. The third-order valence-electron chi connectivity index (χ3n) is 3.43. The largest absolute Gasteiger partial charge is 0.497 e. The lowest BCUT2D eigenvalue weighted by Crippen LogP contribution is -2.49. The molecule has 1 fully saturated rings. The van der Waals surface area contributed by atoms with Crippen LogP contribution in [0.1, 0.15) is 12.8 Å². The number of likely N-dealkylation sites (tertiary alicyclic amines) is 1. The van der Waals surface area contributed by atoms with Gasteiger partial charge in [0.05, 0.1) is 12.8 Å². The first-order chi connectivity index (χ1) is 10.2. The van der Waals surface area contributed by atoms with Crippen LogP contribution in [0.2, 0.25) is 0 Å². The van der Waals surface area contributed by atoms with Gasteiger partial charge in [0.15, 0.2) is 0 Å². The standard InChI is InChI=1S/C14H20N4O3/c1-15-14(20)18-8-4-7-12(18)13(19)17-16-10-5-3-6-11(9-10)21-2/h3,5-6,9,12,16H,4,7-8H2,1-2H3,(H,15,20)(H,17,19). The molecule has 0 saturated carbocycles. The van der Waals surface area contributed by atoms with Gasteiger partial charge in [0.1, 0.15) is 11.8 Å². The van der Waals surface area contributed by atoms with E-state index < -0.39 is 6.04 Å². The molecule has 0 aromatic heterocycles. The molecule has 3 amide bonds. The number of nitrogens with one attached hydrogen (secondary N) is 3. The first-order valence-electron chi connectivity index (χ1n) is 6.84. The van der Waals surface area contributed by atoms with Crippen LogP contribution in [0.3, 0.4) is 0 Å². The van der Waals surface area contributed by atoms with Crippen LogP contribution in [0, 0.1) is 0 Å². The lowest BCUT2D eigenvalue weighted by molar-refractivity contribution is -0.124. The number of hydrogen-bond acceptors (Lipinski definition) is 4. The lowest BCUT2D eigenvalue weighted by Gasteiger charge is -2.23. The van der Waals surface area contributed by atoms with Crippen molar-refractivity contribution in [2.75, 3.05) is 26.1 Å². The van der Waals surface area contributed by atoms with Crippen LogP contribution in [-0.4, -0.2) is 43.6 Å². The highest BCUT2D eigenvalue weighted by Crippen LogP contribution is 2.18. The minimum absolute atomic E-state index is 0.223. The zero-order valence-electron chi connectivity index (χ0n) is 12.2. The van der Waals surface area contributed by atoms with E-state index >= 15 is 0 Å². The molecule has 114 valence electrons. The minimum Gasteiger partial charge on any atom is -0.497 e. The maximum atomic E-state index is 12.2. The van der Waals surface area contributed by atoms with Gasteiger partial charge < -0.3 is 15.0 Å². The van der Waals surface area contributed by atoms with Crippen LogP contribution >= 0.6 is 0 Å². The Morgan fingerprint density at radius 3 is 2.90 bits per heavy atom. The van der Waals surface area contributed by atoms with Crippen LogP contribution in [0.15, 0.2) is 24.3 Å². The molecule has 3 N–H and O–H groups in total. The molecule has 7 nitrogen and oxygen atoms in total. The van der Waals surface area contributed by atoms with E-state index in [2.05, 4.69) is 16.2 Å². The van der Waals surface area contributed by atoms with E-state index in [1.54, 1.807) is 25.1 Å². The third-order valence-corrected chi connectivity index (χ3v) is 3.43. The number of carbonyl (C=O) groups is 2. The molecule has 2 rings (SSSR count). The number of rotatable bonds is 4. The number of carbonyl (C=O) groups excluding carboxylic acids is 2. The molecule has 0 bridgehead atoms. The van der Waals surface area contributed by atoms with Gasteiger partial charge in [-0.3, -0.25) is 15.6 Å². The molecule has 1 aromatic rings. The minimum atomic E-state index is -0.442. The third kappa shape index (κ3) is 3.56. The quantitative estimate of drug-likeness (QED) is 0.721. The zero-order valence-corrected chi connectivity index (χ0v) is 12.2. The SMILES string of the molecule is CNC(=O)N1CCCC1C(=O)NNc1cccc(OC)c1. The molecular weight excluding hydrogens is 272 g/mol. The smallest absolute Gasteiger partial charge is 0.317 e. The van der Waals surface area contributed by atoms with Gasteiger partial charge in [0.2, 0.25) is 0 Å². The van der Waals surface area contributed by atoms with E-state index in [0.717, 1.165) is 6.42 Å². The van der Waals surface area contributed by atoms with Crippen molar-refractivity contribution < 1.29 is 14.3 Å². The number of nitrogens with zero attached hydrogens (tertiary/aromatic N) is 1. The van der Waals surface area contributed by atoms with Crippen molar-refractivity contribution in [1.82, 2.24) is 15.6 Å². The summed E-state index contributed by atoms with van der Waals surface area (Å²) in [5.41, 5.74) is 6.19. The fourth-order valence-electron chi connectivity index (χ4n) is 2.34. The number of benzene rings is 1. The number of amides is 3. The van der Waals surface area contributed by atoms with Crippen molar-refractivity contribution in [3.63, 3.8) is 0 Å². The first-order valence-corrected chi connectivity index (χ1v) is 6.84. The summed E-state index contributed by atoms with van der Waals surface area (Å²) < 4.78 is 5.11. The number of hydrogen-bond donors (Lipinski definition) is 3. The van der Waals surface area contributed by atoms with Crippen molar-refractivity contribution in [3.05, 3.63) is 24.3 Å². The Morgan fingerprint density at radius 1 is 1.38 bits per heavy atom. The normalized spacial score (nSPS) is 17.2. The number of ether oxygens (including phenoxy) is 1. The van der Waals surface area contributed by atoms with Gasteiger partial charge in [0, 0.05) is 19.7 Å². The summed E-state index contributed by atoms with van der Waals surface area (Å²) in [6.07, 6.45) is 1.49. The number of hydrazine groups is 1. The fraction of sp³-hybridized carbons (Fsp3) is 0.429. The van der Waals surface area contributed by atoms with E-state index in [1.165, 1.54) is 0 Å². The summed E-state index contributed by atoms with van der Waals surface area (Å²) in [5, 5.41) is 2.55. The van der Waals surface area contributed by atoms with Gasteiger partial charge in [0.25, 0.3) is 5.91 Å². The molecular formula is C14H20N4O3. The van der Waals surface area contributed by atoms with Crippen LogP contribution in [0.25, 0.3) is 0 Å². The molecule has 7 heteroatoms. The van der Waals surface area contributed by atoms with Crippen LogP contribution in [0.4, 0.5) is 10.5 Å². The van der Waals surface area contributed by atoms with Crippen molar-refractivity contribution in [2.45, 2.75) is 18.9 Å².